The third-order valence-corrected chi connectivity index (χ3v) is 4.79. The second-order valence-electron chi connectivity index (χ2n) is 6.58. The van der Waals surface area contributed by atoms with Crippen molar-refractivity contribution >= 4 is 34.9 Å². The van der Waals surface area contributed by atoms with Crippen LogP contribution in [-0.4, -0.2) is 37.5 Å². The van der Waals surface area contributed by atoms with Crippen molar-refractivity contribution in [3.8, 4) is 0 Å². The molecule has 2 fully saturated rings. The predicted molar refractivity (Wildman–Crippen MR) is 103 cm³/mol. The van der Waals surface area contributed by atoms with Crippen LogP contribution in [0, 0.1) is 0 Å². The average Bonchev–Trinajstić information content (AvgIpc) is 3.30. The van der Waals surface area contributed by atoms with E-state index in [0.29, 0.717) is 30.8 Å². The second kappa shape index (κ2) is 7.11. The first kappa shape index (κ1) is 17.1. The molecule has 2 aromatic rings. The quantitative estimate of drug-likeness (QED) is 0.875. The van der Waals surface area contributed by atoms with E-state index in [9.17, 15) is 14.4 Å². The lowest BCUT2D eigenvalue weighted by molar-refractivity contribution is -0.117. The number of urea groups is 1. The summed E-state index contributed by atoms with van der Waals surface area (Å²) >= 11 is 0. The van der Waals surface area contributed by atoms with E-state index in [1.165, 1.54) is 0 Å². The van der Waals surface area contributed by atoms with Crippen molar-refractivity contribution in [3.05, 3.63) is 54.1 Å². The van der Waals surface area contributed by atoms with Gasteiger partial charge < -0.3 is 15.5 Å². The van der Waals surface area contributed by atoms with Gasteiger partial charge in [0.05, 0.1) is 0 Å². The minimum Gasteiger partial charge on any atom is -0.336 e. The molecule has 0 aliphatic carbocycles. The monoisotopic (exact) mass is 364 g/mol. The molecular weight excluding hydrogens is 344 g/mol. The molecule has 4 rings (SSSR count). The summed E-state index contributed by atoms with van der Waals surface area (Å²) in [6.07, 6.45) is 1.44. The van der Waals surface area contributed by atoms with Gasteiger partial charge in [0, 0.05) is 48.7 Å². The second-order valence-corrected chi connectivity index (χ2v) is 6.58. The molecule has 2 aliphatic rings. The van der Waals surface area contributed by atoms with Crippen molar-refractivity contribution in [2.45, 2.75) is 12.8 Å². The van der Waals surface area contributed by atoms with Crippen LogP contribution in [0.5, 0.6) is 0 Å². The first-order chi connectivity index (χ1) is 13.1. The van der Waals surface area contributed by atoms with E-state index in [1.807, 2.05) is 6.07 Å². The van der Waals surface area contributed by atoms with E-state index >= 15 is 0 Å². The van der Waals surface area contributed by atoms with Gasteiger partial charge in [-0.05, 0) is 48.9 Å². The molecule has 2 aromatic carbocycles. The molecule has 4 amide bonds. The fraction of sp³-hybridized carbons (Fsp3) is 0.250. The fourth-order valence-electron chi connectivity index (χ4n) is 3.39. The summed E-state index contributed by atoms with van der Waals surface area (Å²) < 4.78 is 0. The number of rotatable bonds is 4. The maximum atomic E-state index is 12.5. The molecule has 0 radical (unpaired) electrons. The van der Waals surface area contributed by atoms with Crippen molar-refractivity contribution in [3.63, 3.8) is 0 Å². The Hall–Kier alpha value is -3.35. The lowest BCUT2D eigenvalue weighted by Crippen LogP contribution is -2.27. The van der Waals surface area contributed by atoms with Crippen LogP contribution in [0.1, 0.15) is 23.2 Å². The van der Waals surface area contributed by atoms with Gasteiger partial charge in [-0.15, -0.1) is 0 Å². The highest BCUT2D eigenvalue weighted by molar-refractivity contribution is 6.05. The third kappa shape index (κ3) is 3.48. The van der Waals surface area contributed by atoms with Crippen molar-refractivity contribution in [2.75, 3.05) is 34.8 Å². The van der Waals surface area contributed by atoms with E-state index in [-0.39, 0.29) is 17.8 Å². The highest BCUT2D eigenvalue weighted by Gasteiger charge is 2.22. The molecule has 27 heavy (non-hydrogen) atoms. The van der Waals surface area contributed by atoms with Crippen molar-refractivity contribution < 1.29 is 14.4 Å². The molecule has 0 aromatic heterocycles. The molecular formula is C20H20N4O3. The van der Waals surface area contributed by atoms with E-state index in [2.05, 4.69) is 10.6 Å². The van der Waals surface area contributed by atoms with Crippen molar-refractivity contribution in [1.82, 2.24) is 5.32 Å². The zero-order chi connectivity index (χ0) is 18.8. The summed E-state index contributed by atoms with van der Waals surface area (Å²) in [7, 11) is 0. The van der Waals surface area contributed by atoms with Crippen LogP contribution in [0.25, 0.3) is 0 Å². The average molecular weight is 364 g/mol. The number of nitrogens with one attached hydrogen (secondary N) is 2. The summed E-state index contributed by atoms with van der Waals surface area (Å²) in [6, 6.07) is 14.1. The van der Waals surface area contributed by atoms with Gasteiger partial charge in [-0.1, -0.05) is 6.07 Å². The van der Waals surface area contributed by atoms with Crippen LogP contribution in [0.4, 0.5) is 21.9 Å². The molecule has 2 aliphatic heterocycles. The summed E-state index contributed by atoms with van der Waals surface area (Å²) in [6.45, 7) is 1.94. The van der Waals surface area contributed by atoms with E-state index < -0.39 is 0 Å². The van der Waals surface area contributed by atoms with Crippen LogP contribution in [0.2, 0.25) is 0 Å². The Bertz CT molecular complexity index is 894. The van der Waals surface area contributed by atoms with Gasteiger partial charge in [0.2, 0.25) is 5.91 Å². The third-order valence-electron chi connectivity index (χ3n) is 4.79. The van der Waals surface area contributed by atoms with Gasteiger partial charge in [0.1, 0.15) is 0 Å². The number of anilines is 3. The van der Waals surface area contributed by atoms with Gasteiger partial charge in [-0.3, -0.25) is 14.5 Å². The largest absolute Gasteiger partial charge is 0.336 e. The van der Waals surface area contributed by atoms with Gasteiger partial charge in [-0.2, -0.15) is 0 Å². The molecule has 0 bridgehead atoms. The lowest BCUT2D eigenvalue weighted by Gasteiger charge is -2.16. The fourth-order valence-corrected chi connectivity index (χ4v) is 3.39. The summed E-state index contributed by atoms with van der Waals surface area (Å²) in [5.41, 5.74) is 2.69. The summed E-state index contributed by atoms with van der Waals surface area (Å²) in [4.78, 5) is 39.5. The molecule has 138 valence electrons. The molecule has 0 saturated carbocycles. The van der Waals surface area contributed by atoms with E-state index in [1.54, 1.807) is 52.3 Å². The molecule has 0 spiro atoms. The maximum Gasteiger partial charge on any atom is 0.321 e. The van der Waals surface area contributed by atoms with Crippen LogP contribution in [0.15, 0.2) is 48.5 Å². The van der Waals surface area contributed by atoms with Gasteiger partial charge >= 0.3 is 6.03 Å². The van der Waals surface area contributed by atoms with Crippen LogP contribution in [-0.2, 0) is 4.79 Å². The number of nitrogens with zero attached hydrogens (tertiary/aromatic N) is 2. The number of carbonyl (C=O) groups excluding carboxylic acids is 3. The molecule has 0 unspecified atom stereocenters. The Kier molecular flexibility index (Phi) is 4.50. The van der Waals surface area contributed by atoms with Crippen LogP contribution in [0.3, 0.4) is 0 Å². The normalized spacial score (nSPS) is 16.6. The zero-order valence-corrected chi connectivity index (χ0v) is 14.8. The smallest absolute Gasteiger partial charge is 0.321 e. The van der Waals surface area contributed by atoms with E-state index in [4.69, 9.17) is 0 Å². The minimum absolute atomic E-state index is 0.120. The maximum absolute atomic E-state index is 12.5. The topological polar surface area (TPSA) is 81.8 Å². The van der Waals surface area contributed by atoms with Gasteiger partial charge in [0.25, 0.3) is 5.91 Å². The molecule has 0 atom stereocenters. The van der Waals surface area contributed by atoms with Gasteiger partial charge in [0.15, 0.2) is 0 Å². The Morgan fingerprint density at radius 3 is 2.44 bits per heavy atom. The van der Waals surface area contributed by atoms with E-state index in [0.717, 1.165) is 24.3 Å². The highest BCUT2D eigenvalue weighted by Crippen LogP contribution is 2.23. The Balaban J connectivity index is 1.46. The minimum atomic E-state index is -0.239. The van der Waals surface area contributed by atoms with Crippen molar-refractivity contribution in [2.24, 2.45) is 0 Å². The number of hydrogen-bond donors (Lipinski definition) is 2. The first-order valence-corrected chi connectivity index (χ1v) is 8.99. The highest BCUT2D eigenvalue weighted by atomic mass is 16.2. The SMILES string of the molecule is O=C(Nc1cccc(N2CCNC2=O)c1)c1ccc(N2CCCC2=O)cc1. The molecule has 2 N–H and O–H groups in total. The molecule has 7 nitrogen and oxygen atoms in total. The van der Waals surface area contributed by atoms with Crippen LogP contribution < -0.4 is 20.4 Å². The standard InChI is InChI=1S/C20H20N4O3/c25-18-5-2-11-23(18)16-8-6-14(7-9-16)19(26)22-15-3-1-4-17(13-15)24-12-10-21-20(24)27/h1,3-4,6-9,13H,2,5,10-12H2,(H,21,27)(H,22,26). The summed E-state index contributed by atoms with van der Waals surface area (Å²) in [5, 5.41) is 5.61. The first-order valence-electron chi connectivity index (χ1n) is 8.99. The predicted octanol–water partition coefficient (Wildman–Crippen LogP) is 2.60. The molecule has 2 saturated heterocycles. The van der Waals surface area contributed by atoms with Crippen LogP contribution >= 0.6 is 0 Å². The number of amides is 4. The Morgan fingerprint density at radius 1 is 0.963 bits per heavy atom. The number of carbonyl (C=O) groups is 3. The zero-order valence-electron chi connectivity index (χ0n) is 14.8. The molecule has 2 heterocycles. The number of hydrogen-bond acceptors (Lipinski definition) is 3. The number of benzene rings is 2. The van der Waals surface area contributed by atoms with Gasteiger partial charge in [-0.25, -0.2) is 4.79 Å². The lowest BCUT2D eigenvalue weighted by atomic mass is 10.1. The molecule has 7 heteroatoms. The Morgan fingerprint density at radius 2 is 1.78 bits per heavy atom. The van der Waals surface area contributed by atoms with Crippen molar-refractivity contribution in [1.29, 1.82) is 0 Å². The summed E-state index contributed by atoms with van der Waals surface area (Å²) in [5.74, 6) is -0.118. The Labute approximate surface area is 157 Å².